The number of thiocarbonyl (C=S) groups is 1. The lowest BCUT2D eigenvalue weighted by atomic mass is 10.3. The van der Waals surface area contributed by atoms with Crippen molar-refractivity contribution in [1.82, 2.24) is 0 Å². The van der Waals surface area contributed by atoms with Gasteiger partial charge in [0.05, 0.1) is 5.36 Å². The second kappa shape index (κ2) is 2.60. The minimum atomic E-state index is 0.434. The molecule has 11 heavy (non-hydrogen) atoms. The van der Waals surface area contributed by atoms with Crippen molar-refractivity contribution in [2.75, 3.05) is 0 Å². The van der Waals surface area contributed by atoms with Gasteiger partial charge >= 0.3 is 0 Å². The van der Waals surface area contributed by atoms with Crippen molar-refractivity contribution in [3.8, 4) is 0 Å². The Kier molecular flexibility index (Phi) is 1.72. The topological polar surface area (TPSA) is 24.7 Å². The third kappa shape index (κ3) is 1.20. The molecule has 0 unspecified atom stereocenters. The standard InChI is InChI=1S/C7H3IN2S/c8-4-2-1-3-5-6(4)10-7(11)9-5/h1-3H. The molecular weight excluding hydrogens is 271 g/mol. The van der Waals surface area contributed by atoms with E-state index in [1.54, 1.807) is 0 Å². The van der Waals surface area contributed by atoms with E-state index in [-0.39, 0.29) is 0 Å². The molecule has 0 spiro atoms. The van der Waals surface area contributed by atoms with Crippen molar-refractivity contribution >= 4 is 39.9 Å². The van der Waals surface area contributed by atoms with E-state index >= 15 is 0 Å². The van der Waals surface area contributed by atoms with Crippen LogP contribution in [0.2, 0.25) is 0 Å². The predicted molar refractivity (Wildman–Crippen MR) is 54.1 cm³/mol. The zero-order chi connectivity index (χ0) is 7.84. The smallest absolute Gasteiger partial charge is 0.217 e. The van der Waals surface area contributed by atoms with E-state index < -0.39 is 0 Å². The summed E-state index contributed by atoms with van der Waals surface area (Å²) in [4.78, 5) is 8.18. The second-order valence-electron chi connectivity index (χ2n) is 2.11. The Morgan fingerprint density at radius 2 is 2.09 bits per heavy atom. The van der Waals surface area contributed by atoms with E-state index in [0.717, 1.165) is 14.3 Å². The lowest BCUT2D eigenvalue weighted by molar-refractivity contribution is 1.34. The first kappa shape index (κ1) is 7.30. The van der Waals surface area contributed by atoms with Crippen LogP contribution >= 0.6 is 34.8 Å². The van der Waals surface area contributed by atoms with Crippen molar-refractivity contribution in [2.45, 2.75) is 0 Å². The van der Waals surface area contributed by atoms with Crippen LogP contribution in [0.3, 0.4) is 0 Å². The predicted octanol–water partition coefficient (Wildman–Crippen LogP) is 0.829. The van der Waals surface area contributed by atoms with Crippen LogP contribution in [0.1, 0.15) is 0 Å². The molecule has 1 aromatic carbocycles. The van der Waals surface area contributed by atoms with Crippen LogP contribution in [-0.2, 0) is 0 Å². The highest BCUT2D eigenvalue weighted by Crippen LogP contribution is 1.95. The summed E-state index contributed by atoms with van der Waals surface area (Å²) >= 11 is 7.07. The largest absolute Gasteiger partial charge is 0.220 e. The molecule has 0 saturated heterocycles. The van der Waals surface area contributed by atoms with Gasteiger partial charge in [-0.3, -0.25) is 0 Å². The first-order chi connectivity index (χ1) is 5.27. The highest BCUT2D eigenvalue weighted by molar-refractivity contribution is 14.1. The van der Waals surface area contributed by atoms with Gasteiger partial charge in [0.2, 0.25) is 5.11 Å². The Balaban J connectivity index is 2.97. The van der Waals surface area contributed by atoms with E-state index in [1.807, 2.05) is 18.2 Å². The van der Waals surface area contributed by atoms with Gasteiger partial charge in [0.1, 0.15) is 5.36 Å². The molecule has 0 aliphatic carbocycles. The molecule has 0 bridgehead atoms. The Labute approximate surface area is 82.2 Å². The SMILES string of the molecule is S=C1N=c2cccc(I)c2=N1. The molecule has 4 heteroatoms. The number of benzene rings is 1. The van der Waals surface area contributed by atoms with Crippen LogP contribution in [0.25, 0.3) is 0 Å². The summed E-state index contributed by atoms with van der Waals surface area (Å²) in [6, 6.07) is 5.86. The Morgan fingerprint density at radius 1 is 1.27 bits per heavy atom. The number of rotatable bonds is 0. The van der Waals surface area contributed by atoms with E-state index in [4.69, 9.17) is 12.2 Å². The summed E-state index contributed by atoms with van der Waals surface area (Å²) in [5.74, 6) is 0. The Hall–Kier alpha value is -0.360. The van der Waals surface area contributed by atoms with E-state index in [9.17, 15) is 0 Å². The molecule has 1 aliphatic heterocycles. The molecule has 0 aromatic heterocycles. The van der Waals surface area contributed by atoms with Crippen molar-refractivity contribution in [1.29, 1.82) is 0 Å². The summed E-state index contributed by atoms with van der Waals surface area (Å²) in [5, 5.41) is 2.24. The fourth-order valence-corrected chi connectivity index (χ4v) is 1.72. The van der Waals surface area contributed by atoms with Crippen LogP contribution in [0.5, 0.6) is 0 Å². The first-order valence-electron chi connectivity index (χ1n) is 3.03. The average molecular weight is 274 g/mol. The normalized spacial score (nSPS) is 13.7. The lowest BCUT2D eigenvalue weighted by Crippen LogP contribution is -2.23. The van der Waals surface area contributed by atoms with Crippen molar-refractivity contribution < 1.29 is 0 Å². The van der Waals surface area contributed by atoms with Gasteiger partial charge in [-0.2, -0.15) is 0 Å². The highest BCUT2D eigenvalue weighted by atomic mass is 127. The van der Waals surface area contributed by atoms with E-state index in [0.29, 0.717) is 5.11 Å². The van der Waals surface area contributed by atoms with Gasteiger partial charge in [0, 0.05) is 3.57 Å². The second-order valence-corrected chi connectivity index (χ2v) is 3.64. The van der Waals surface area contributed by atoms with Gasteiger partial charge < -0.3 is 0 Å². The van der Waals surface area contributed by atoms with Gasteiger partial charge in [-0.1, -0.05) is 6.07 Å². The third-order valence-electron chi connectivity index (χ3n) is 1.39. The maximum Gasteiger partial charge on any atom is 0.220 e. The highest BCUT2D eigenvalue weighted by Gasteiger charge is 2.02. The zero-order valence-electron chi connectivity index (χ0n) is 5.41. The quantitative estimate of drug-likeness (QED) is 0.508. The summed E-state index contributed by atoms with van der Waals surface area (Å²) in [6.07, 6.45) is 0. The summed E-state index contributed by atoms with van der Waals surface area (Å²) in [7, 11) is 0. The Morgan fingerprint density at radius 3 is 2.82 bits per heavy atom. The zero-order valence-corrected chi connectivity index (χ0v) is 8.39. The first-order valence-corrected chi connectivity index (χ1v) is 4.52. The number of hydrogen-bond donors (Lipinski definition) is 0. The Bertz CT molecular complexity index is 438. The summed E-state index contributed by atoms with van der Waals surface area (Å²) in [6.45, 7) is 0. The molecule has 1 aliphatic rings. The van der Waals surface area contributed by atoms with Crippen molar-refractivity contribution in [3.63, 3.8) is 0 Å². The maximum atomic E-state index is 4.85. The molecular formula is C7H3IN2S. The van der Waals surface area contributed by atoms with Gasteiger partial charge in [-0.25, -0.2) is 9.98 Å². The van der Waals surface area contributed by atoms with Crippen molar-refractivity contribution in [3.05, 3.63) is 32.5 Å². The van der Waals surface area contributed by atoms with Gasteiger partial charge in [0.15, 0.2) is 0 Å². The minimum Gasteiger partial charge on any atom is -0.217 e. The number of halogens is 1. The maximum absolute atomic E-state index is 4.85. The molecule has 1 aromatic rings. The van der Waals surface area contributed by atoms with Crippen LogP contribution in [0.15, 0.2) is 28.2 Å². The molecule has 0 radical (unpaired) electrons. The van der Waals surface area contributed by atoms with Crippen molar-refractivity contribution in [2.24, 2.45) is 9.98 Å². The monoisotopic (exact) mass is 274 g/mol. The fourth-order valence-electron chi connectivity index (χ4n) is 0.929. The fraction of sp³-hybridized carbons (Fsp3) is 0. The van der Waals surface area contributed by atoms with Gasteiger partial charge in [-0.15, -0.1) is 0 Å². The molecule has 1 heterocycles. The molecule has 0 saturated carbocycles. The number of nitrogens with zero attached hydrogens (tertiary/aromatic N) is 2. The number of fused-ring (bicyclic) bond motifs is 1. The van der Waals surface area contributed by atoms with Crippen LogP contribution < -0.4 is 10.7 Å². The molecule has 0 N–H and O–H groups in total. The van der Waals surface area contributed by atoms with Crippen LogP contribution in [0.4, 0.5) is 0 Å². The van der Waals surface area contributed by atoms with E-state index in [1.165, 1.54) is 0 Å². The minimum absolute atomic E-state index is 0.434. The molecule has 54 valence electrons. The molecule has 2 rings (SSSR count). The molecule has 0 fully saturated rings. The lowest BCUT2D eigenvalue weighted by Gasteiger charge is -1.84. The average Bonchev–Trinajstić information content (AvgIpc) is 2.31. The molecule has 0 amide bonds. The van der Waals surface area contributed by atoms with Gasteiger partial charge in [-0.05, 0) is 46.9 Å². The molecule has 2 nitrogen and oxygen atoms in total. The van der Waals surface area contributed by atoms with E-state index in [2.05, 4.69) is 32.6 Å². The van der Waals surface area contributed by atoms with Crippen LogP contribution in [0, 0.1) is 3.57 Å². The third-order valence-corrected chi connectivity index (χ3v) is 2.44. The molecule has 0 atom stereocenters. The van der Waals surface area contributed by atoms with Crippen LogP contribution in [-0.4, -0.2) is 5.11 Å². The number of para-hydroxylation sites is 1. The van der Waals surface area contributed by atoms with Gasteiger partial charge in [0.25, 0.3) is 0 Å². The number of hydrogen-bond acceptors (Lipinski definition) is 1. The summed E-state index contributed by atoms with van der Waals surface area (Å²) < 4.78 is 1.10. The summed E-state index contributed by atoms with van der Waals surface area (Å²) in [5.41, 5.74) is 0.